The van der Waals surface area contributed by atoms with Crippen LogP contribution in [0.2, 0.25) is 0 Å². The van der Waals surface area contributed by atoms with E-state index in [1.54, 1.807) is 0 Å². The maximum atomic E-state index is 3.71. The van der Waals surface area contributed by atoms with E-state index >= 15 is 0 Å². The largest absolute Gasteiger partial charge is 0.358 e. The summed E-state index contributed by atoms with van der Waals surface area (Å²) in [4.78, 5) is 3.71. The lowest BCUT2D eigenvalue weighted by Gasteiger charge is -2.21. The van der Waals surface area contributed by atoms with Gasteiger partial charge in [0.2, 0.25) is 0 Å². The second-order valence-corrected chi connectivity index (χ2v) is 7.61. The van der Waals surface area contributed by atoms with E-state index in [0.29, 0.717) is 5.92 Å². The van der Waals surface area contributed by atoms with Crippen molar-refractivity contribution in [1.82, 2.24) is 4.98 Å². The topological polar surface area (TPSA) is 15.8 Å². The Balaban J connectivity index is 0.00000146. The number of hydrogen-bond donors (Lipinski definition) is 1. The summed E-state index contributed by atoms with van der Waals surface area (Å²) in [6.45, 7) is 6.99. The van der Waals surface area contributed by atoms with Crippen LogP contribution in [0.25, 0.3) is 28.1 Å². The van der Waals surface area contributed by atoms with E-state index in [-0.39, 0.29) is 6.84 Å². The van der Waals surface area contributed by atoms with Crippen LogP contribution in [0.15, 0.2) is 42.5 Å². The first-order valence-corrected chi connectivity index (χ1v) is 8.54. The number of aromatic nitrogens is 1. The molecule has 1 N–H and O–H groups in total. The quantitative estimate of drug-likeness (QED) is 0.506. The van der Waals surface area contributed by atoms with Crippen LogP contribution in [0.5, 0.6) is 0 Å². The molecule has 0 saturated carbocycles. The van der Waals surface area contributed by atoms with Gasteiger partial charge in [0.1, 0.15) is 0 Å². The molecule has 116 valence electrons. The predicted molar refractivity (Wildman–Crippen MR) is 100 cm³/mol. The number of rotatable bonds is 0. The monoisotopic (exact) mass is 301 g/mol. The van der Waals surface area contributed by atoms with Gasteiger partial charge in [-0.05, 0) is 40.8 Å². The lowest BCUT2D eigenvalue weighted by molar-refractivity contribution is 0.661. The number of H-pyrrole nitrogens is 1. The van der Waals surface area contributed by atoms with Crippen LogP contribution in [-0.4, -0.2) is 4.98 Å². The molecule has 0 fully saturated rings. The van der Waals surface area contributed by atoms with Crippen molar-refractivity contribution in [2.24, 2.45) is 0 Å². The number of aromatic amines is 1. The van der Waals surface area contributed by atoms with Gasteiger partial charge in [-0.3, -0.25) is 0 Å². The SMILES string of the molecule is CC1CC=Cc2c1[nH]c1cc3c(cc21)-c1ccccc1C3(C)C.[HH]. The summed E-state index contributed by atoms with van der Waals surface area (Å²) >= 11 is 0. The Labute approximate surface area is 138 Å². The first-order chi connectivity index (χ1) is 11.1. The third kappa shape index (κ3) is 1.57. The number of allylic oxidation sites excluding steroid dienone is 1. The van der Waals surface area contributed by atoms with Gasteiger partial charge in [0.05, 0.1) is 0 Å². The van der Waals surface area contributed by atoms with Gasteiger partial charge < -0.3 is 4.98 Å². The van der Waals surface area contributed by atoms with Crippen molar-refractivity contribution in [2.75, 3.05) is 0 Å². The van der Waals surface area contributed by atoms with Crippen molar-refractivity contribution >= 4 is 17.0 Å². The highest BCUT2D eigenvalue weighted by Gasteiger charge is 2.36. The van der Waals surface area contributed by atoms with Gasteiger partial charge in [-0.2, -0.15) is 0 Å². The van der Waals surface area contributed by atoms with E-state index in [1.807, 2.05) is 0 Å². The van der Waals surface area contributed by atoms with Crippen molar-refractivity contribution < 1.29 is 1.43 Å². The summed E-state index contributed by atoms with van der Waals surface area (Å²) in [7, 11) is 0. The van der Waals surface area contributed by atoms with Crippen LogP contribution in [0.3, 0.4) is 0 Å². The first-order valence-electron chi connectivity index (χ1n) is 8.54. The fourth-order valence-electron chi connectivity index (χ4n) is 4.51. The third-order valence-corrected chi connectivity index (χ3v) is 5.84. The Morgan fingerprint density at radius 1 is 1.09 bits per heavy atom. The third-order valence-electron chi connectivity index (χ3n) is 5.84. The van der Waals surface area contributed by atoms with Crippen LogP contribution < -0.4 is 0 Å². The Kier molecular flexibility index (Phi) is 2.39. The normalized spacial score (nSPS) is 20.4. The van der Waals surface area contributed by atoms with Crippen molar-refractivity contribution in [3.8, 4) is 11.1 Å². The molecular weight excluding hydrogens is 278 g/mol. The van der Waals surface area contributed by atoms with Gasteiger partial charge in [-0.15, -0.1) is 0 Å². The highest BCUT2D eigenvalue weighted by molar-refractivity contribution is 5.98. The zero-order chi connectivity index (χ0) is 15.8. The molecule has 23 heavy (non-hydrogen) atoms. The van der Waals surface area contributed by atoms with Gasteiger partial charge in [-0.25, -0.2) is 0 Å². The Bertz CT molecular complexity index is 991. The Morgan fingerprint density at radius 3 is 2.78 bits per heavy atom. The first kappa shape index (κ1) is 13.2. The summed E-state index contributed by atoms with van der Waals surface area (Å²) in [5.41, 5.74) is 9.85. The molecule has 1 atom stereocenters. The van der Waals surface area contributed by atoms with Crippen LogP contribution >= 0.6 is 0 Å². The number of hydrogen-bond acceptors (Lipinski definition) is 0. The zero-order valence-corrected chi connectivity index (χ0v) is 13.9. The number of fused-ring (bicyclic) bond motifs is 6. The smallest absolute Gasteiger partial charge is 0.0465 e. The lowest BCUT2D eigenvalue weighted by Crippen LogP contribution is -2.14. The van der Waals surface area contributed by atoms with Crippen LogP contribution in [-0.2, 0) is 5.41 Å². The van der Waals surface area contributed by atoms with Crippen LogP contribution in [0.1, 0.15) is 56.9 Å². The molecule has 0 aliphatic heterocycles. The van der Waals surface area contributed by atoms with Crippen molar-refractivity contribution in [2.45, 2.75) is 38.5 Å². The highest BCUT2D eigenvalue weighted by atomic mass is 14.7. The molecule has 2 aromatic carbocycles. The second-order valence-electron chi connectivity index (χ2n) is 7.61. The van der Waals surface area contributed by atoms with Crippen LogP contribution in [0.4, 0.5) is 0 Å². The molecule has 1 nitrogen and oxygen atoms in total. The molecule has 1 aromatic heterocycles. The van der Waals surface area contributed by atoms with E-state index in [0.717, 1.165) is 6.42 Å². The molecule has 2 aliphatic rings. The predicted octanol–water partition coefficient (Wildman–Crippen LogP) is 6.24. The molecular formula is C22H23N. The fourth-order valence-corrected chi connectivity index (χ4v) is 4.51. The molecule has 2 aliphatic carbocycles. The molecule has 0 radical (unpaired) electrons. The average molecular weight is 301 g/mol. The summed E-state index contributed by atoms with van der Waals surface area (Å²) in [5.74, 6) is 0.581. The molecule has 3 aromatic rings. The molecule has 0 amide bonds. The maximum Gasteiger partial charge on any atom is 0.0465 e. The molecule has 0 saturated heterocycles. The highest BCUT2D eigenvalue weighted by Crippen LogP contribution is 2.50. The Morgan fingerprint density at radius 2 is 1.91 bits per heavy atom. The van der Waals surface area contributed by atoms with E-state index in [2.05, 4.69) is 74.3 Å². The molecule has 0 bridgehead atoms. The summed E-state index contributed by atoms with van der Waals surface area (Å²) in [5, 5.41) is 1.37. The molecule has 1 heterocycles. The number of benzene rings is 2. The van der Waals surface area contributed by atoms with E-state index in [9.17, 15) is 0 Å². The lowest BCUT2D eigenvalue weighted by atomic mass is 9.82. The Hall–Kier alpha value is -2.28. The van der Waals surface area contributed by atoms with E-state index in [4.69, 9.17) is 0 Å². The van der Waals surface area contributed by atoms with Crippen molar-refractivity contribution in [3.63, 3.8) is 0 Å². The fraction of sp³-hybridized carbons (Fsp3) is 0.273. The molecule has 0 spiro atoms. The van der Waals surface area contributed by atoms with Gasteiger partial charge in [0.25, 0.3) is 0 Å². The summed E-state index contributed by atoms with van der Waals surface area (Å²) < 4.78 is 0. The van der Waals surface area contributed by atoms with Crippen molar-refractivity contribution in [1.29, 1.82) is 0 Å². The van der Waals surface area contributed by atoms with Crippen molar-refractivity contribution in [3.05, 3.63) is 64.9 Å². The second kappa shape index (κ2) is 4.17. The minimum absolute atomic E-state index is 0. The average Bonchev–Trinajstić information content (AvgIpc) is 3.02. The minimum atomic E-state index is 0. The standard InChI is InChI=1S/C22H21N.H2/c1-13-7-6-9-15-17-11-16-14-8-4-5-10-18(14)22(2,3)19(16)12-20(17)23-21(13)15;/h4-6,8-13,23H,7H2,1-3H3;1H. The molecule has 1 unspecified atom stereocenters. The number of nitrogens with one attached hydrogen (secondary N) is 1. The van der Waals surface area contributed by atoms with Gasteiger partial charge in [-0.1, -0.05) is 57.2 Å². The molecule has 1 heteroatoms. The minimum Gasteiger partial charge on any atom is -0.358 e. The summed E-state index contributed by atoms with van der Waals surface area (Å²) in [6, 6.07) is 13.7. The van der Waals surface area contributed by atoms with E-state index in [1.165, 1.54) is 44.4 Å². The zero-order valence-electron chi connectivity index (χ0n) is 13.9. The molecule has 5 rings (SSSR count). The summed E-state index contributed by atoms with van der Waals surface area (Å²) in [6.07, 6.45) is 5.74. The maximum absolute atomic E-state index is 3.71. The van der Waals surface area contributed by atoms with Gasteiger partial charge >= 0.3 is 0 Å². The van der Waals surface area contributed by atoms with E-state index < -0.39 is 0 Å². The van der Waals surface area contributed by atoms with Gasteiger partial charge in [0.15, 0.2) is 0 Å². The van der Waals surface area contributed by atoms with Gasteiger partial charge in [0, 0.05) is 34.9 Å². The van der Waals surface area contributed by atoms with Crippen LogP contribution in [0, 0.1) is 0 Å².